The average molecular weight is 452 g/mol. The second kappa shape index (κ2) is 10.7. The molecule has 2 aromatic carbocycles. The van der Waals surface area contributed by atoms with Crippen LogP contribution in [0.4, 0.5) is 8.78 Å². The maximum atomic E-state index is 13.3. The fraction of sp³-hybridized carbons (Fsp3) is 0.250. The van der Waals surface area contributed by atoms with E-state index in [1.54, 1.807) is 36.0 Å². The number of carbonyl (C=O) groups excluding carboxylic acids is 1. The van der Waals surface area contributed by atoms with Crippen molar-refractivity contribution < 1.29 is 13.6 Å². The molecule has 4 nitrogen and oxygen atoms in total. The van der Waals surface area contributed by atoms with Gasteiger partial charge in [-0.3, -0.25) is 4.79 Å². The summed E-state index contributed by atoms with van der Waals surface area (Å²) in [5.41, 5.74) is 7.14. The summed E-state index contributed by atoms with van der Waals surface area (Å²) in [6.45, 7) is 0. The van der Waals surface area contributed by atoms with E-state index < -0.39 is 0 Å². The molecule has 3 aromatic rings. The number of hydrogen-bond donors (Lipinski definition) is 1. The maximum Gasteiger partial charge on any atom is 0.227 e. The Morgan fingerprint density at radius 2 is 1.45 bits per heavy atom. The zero-order chi connectivity index (χ0) is 20.6. The van der Waals surface area contributed by atoms with Crippen molar-refractivity contribution in [1.82, 2.24) is 10.2 Å². The van der Waals surface area contributed by atoms with Crippen molar-refractivity contribution in [3.05, 3.63) is 71.3 Å². The third-order valence-corrected chi connectivity index (χ3v) is 7.43. The minimum atomic E-state index is -0.382. The number of primary amides is 1. The molecule has 1 amide bonds. The van der Waals surface area contributed by atoms with Crippen molar-refractivity contribution in [2.45, 2.75) is 27.4 Å². The number of amides is 1. The van der Waals surface area contributed by atoms with E-state index in [2.05, 4.69) is 10.2 Å². The zero-order valence-corrected chi connectivity index (χ0v) is 17.8. The third-order valence-electron chi connectivity index (χ3n) is 4.13. The van der Waals surface area contributed by atoms with Gasteiger partial charge in [-0.2, -0.15) is 0 Å². The van der Waals surface area contributed by atoms with E-state index in [1.807, 2.05) is 0 Å². The van der Waals surface area contributed by atoms with E-state index >= 15 is 0 Å². The maximum absolute atomic E-state index is 13.3. The Kier molecular flexibility index (Phi) is 8.02. The topological polar surface area (TPSA) is 68.9 Å². The molecule has 0 bridgehead atoms. The first-order valence-electron chi connectivity index (χ1n) is 8.89. The number of hydrogen-bond acceptors (Lipinski definition) is 6. The zero-order valence-electron chi connectivity index (χ0n) is 15.4. The van der Waals surface area contributed by atoms with E-state index in [0.29, 0.717) is 0 Å². The molecule has 0 unspecified atom stereocenters. The van der Waals surface area contributed by atoms with Crippen LogP contribution >= 0.6 is 34.9 Å². The molecule has 152 valence electrons. The molecule has 29 heavy (non-hydrogen) atoms. The Hall–Kier alpha value is -1.97. The summed E-state index contributed by atoms with van der Waals surface area (Å²) < 4.78 is 28.2. The van der Waals surface area contributed by atoms with Crippen molar-refractivity contribution in [2.24, 2.45) is 5.73 Å². The molecular formula is C20H19F2N3OS3. The van der Waals surface area contributed by atoms with Crippen LogP contribution < -0.4 is 5.73 Å². The van der Waals surface area contributed by atoms with Gasteiger partial charge in [0.05, 0.1) is 5.75 Å². The number of thioether (sulfide) groups is 2. The first-order valence-corrected chi connectivity index (χ1v) is 11.7. The molecule has 0 atom stereocenters. The number of rotatable bonds is 10. The number of aromatic nitrogens is 2. The molecular weight excluding hydrogens is 432 g/mol. The van der Waals surface area contributed by atoms with E-state index in [0.717, 1.165) is 38.4 Å². The number of nitrogens with zero attached hydrogens (tertiary/aromatic N) is 2. The largest absolute Gasteiger partial charge is 0.369 e. The second-order valence-electron chi connectivity index (χ2n) is 6.24. The molecule has 0 fully saturated rings. The monoisotopic (exact) mass is 451 g/mol. The molecule has 0 aliphatic carbocycles. The normalized spacial score (nSPS) is 11.1. The highest BCUT2D eigenvalue weighted by atomic mass is 32.2. The quantitative estimate of drug-likeness (QED) is 0.343. The second-order valence-corrected chi connectivity index (χ2v) is 9.78. The lowest BCUT2D eigenvalue weighted by molar-refractivity contribution is -0.115. The molecule has 0 radical (unpaired) electrons. The summed E-state index contributed by atoms with van der Waals surface area (Å²) in [5, 5.41) is 8.17. The van der Waals surface area contributed by atoms with Gasteiger partial charge in [0.15, 0.2) is 8.68 Å². The lowest BCUT2D eigenvalue weighted by Gasteiger charge is -2.18. The molecule has 9 heteroatoms. The van der Waals surface area contributed by atoms with Gasteiger partial charge in [0, 0.05) is 11.7 Å². The molecule has 1 heterocycles. The van der Waals surface area contributed by atoms with Crippen LogP contribution in [0.2, 0.25) is 0 Å². The smallest absolute Gasteiger partial charge is 0.227 e. The highest BCUT2D eigenvalue weighted by Gasteiger charge is 2.15. The lowest BCUT2D eigenvalue weighted by Crippen LogP contribution is -2.12. The van der Waals surface area contributed by atoms with Crippen LogP contribution in [0.3, 0.4) is 0 Å². The van der Waals surface area contributed by atoms with Gasteiger partial charge < -0.3 is 5.73 Å². The summed E-state index contributed by atoms with van der Waals surface area (Å²) >= 11 is 4.34. The molecule has 0 aliphatic rings. The predicted octanol–water partition coefficient (Wildman–Crippen LogP) is 5.10. The molecule has 0 saturated heterocycles. The molecule has 2 N–H and O–H groups in total. The standard InChI is InChI=1S/C20H19F2N3OS3/c21-15-7-3-13(4-8-15)17(14-5-9-16(22)10-6-14)2-1-11-27-19-24-25-20(29-19)28-12-18(23)26/h3-10,17H,1-2,11-12H2,(H2,23,26). The summed E-state index contributed by atoms with van der Waals surface area (Å²) in [5.74, 6) is 0.163. The Labute approximate surface area is 180 Å². The summed E-state index contributed by atoms with van der Waals surface area (Å²) in [4.78, 5) is 10.8. The van der Waals surface area contributed by atoms with E-state index in [-0.39, 0.29) is 29.2 Å². The van der Waals surface area contributed by atoms with Crippen molar-refractivity contribution in [3.8, 4) is 0 Å². The van der Waals surface area contributed by atoms with E-state index in [9.17, 15) is 13.6 Å². The predicted molar refractivity (Wildman–Crippen MR) is 114 cm³/mol. The first-order chi connectivity index (χ1) is 14.0. The molecule has 3 rings (SSSR count). The van der Waals surface area contributed by atoms with Crippen molar-refractivity contribution >= 4 is 40.8 Å². The Bertz CT molecular complexity index is 887. The minimum absolute atomic E-state index is 0.0629. The lowest BCUT2D eigenvalue weighted by atomic mass is 9.88. The molecule has 1 aromatic heterocycles. The van der Waals surface area contributed by atoms with Crippen molar-refractivity contribution in [1.29, 1.82) is 0 Å². The number of halogens is 2. The van der Waals surface area contributed by atoms with Crippen molar-refractivity contribution in [2.75, 3.05) is 11.5 Å². The van der Waals surface area contributed by atoms with Crippen LogP contribution in [0, 0.1) is 11.6 Å². The van der Waals surface area contributed by atoms with Gasteiger partial charge in [-0.1, -0.05) is 59.1 Å². The highest BCUT2D eigenvalue weighted by Crippen LogP contribution is 2.33. The summed E-state index contributed by atoms with van der Waals surface area (Å²) in [6.07, 6.45) is 1.74. The van der Waals surface area contributed by atoms with Gasteiger partial charge in [0.1, 0.15) is 11.6 Å². The van der Waals surface area contributed by atoms with Gasteiger partial charge in [-0.25, -0.2) is 8.78 Å². The summed E-state index contributed by atoms with van der Waals surface area (Å²) in [7, 11) is 0. The molecule has 0 spiro atoms. The number of benzene rings is 2. The van der Waals surface area contributed by atoms with Crippen LogP contribution in [0.5, 0.6) is 0 Å². The minimum Gasteiger partial charge on any atom is -0.369 e. The Morgan fingerprint density at radius 1 is 0.931 bits per heavy atom. The average Bonchev–Trinajstić information content (AvgIpc) is 3.16. The summed E-state index contributed by atoms with van der Waals surface area (Å²) in [6, 6.07) is 12.9. The van der Waals surface area contributed by atoms with Crippen LogP contribution in [-0.2, 0) is 4.79 Å². The van der Waals surface area contributed by atoms with E-state index in [1.165, 1.54) is 47.4 Å². The first kappa shape index (κ1) is 21.7. The van der Waals surface area contributed by atoms with Crippen LogP contribution in [0.1, 0.15) is 29.9 Å². The Morgan fingerprint density at radius 3 is 1.97 bits per heavy atom. The highest BCUT2D eigenvalue weighted by molar-refractivity contribution is 8.03. The van der Waals surface area contributed by atoms with Gasteiger partial charge in [-0.05, 0) is 48.2 Å². The van der Waals surface area contributed by atoms with Crippen LogP contribution in [0.15, 0.2) is 57.2 Å². The van der Waals surface area contributed by atoms with Crippen molar-refractivity contribution in [3.63, 3.8) is 0 Å². The number of carbonyl (C=O) groups is 1. The van der Waals surface area contributed by atoms with E-state index in [4.69, 9.17) is 5.73 Å². The van der Waals surface area contributed by atoms with Gasteiger partial charge in [0.2, 0.25) is 5.91 Å². The third kappa shape index (κ3) is 6.80. The van der Waals surface area contributed by atoms with Gasteiger partial charge >= 0.3 is 0 Å². The fourth-order valence-corrected chi connectivity index (χ4v) is 5.60. The van der Waals surface area contributed by atoms with Crippen LogP contribution in [0.25, 0.3) is 0 Å². The fourth-order valence-electron chi connectivity index (χ4n) is 2.81. The Balaban J connectivity index is 1.58. The molecule has 0 aliphatic heterocycles. The SMILES string of the molecule is NC(=O)CSc1nnc(SCCCC(c2ccc(F)cc2)c2ccc(F)cc2)s1. The molecule has 0 saturated carbocycles. The number of nitrogens with two attached hydrogens (primary N) is 1. The van der Waals surface area contributed by atoms with Crippen LogP contribution in [-0.4, -0.2) is 27.6 Å². The van der Waals surface area contributed by atoms with Gasteiger partial charge in [0.25, 0.3) is 0 Å². The van der Waals surface area contributed by atoms with Gasteiger partial charge in [-0.15, -0.1) is 10.2 Å².